The van der Waals surface area contributed by atoms with Crippen LogP contribution in [0, 0.1) is 6.92 Å². The molecule has 7 rings (SSSR count). The predicted octanol–water partition coefficient (Wildman–Crippen LogP) is 10.1. The first-order chi connectivity index (χ1) is 17.3. The van der Waals surface area contributed by atoms with Gasteiger partial charge in [-0.2, -0.15) is 0 Å². The summed E-state index contributed by atoms with van der Waals surface area (Å²) < 4.78 is 2.68. The highest BCUT2D eigenvalue weighted by Crippen LogP contribution is 2.47. The summed E-state index contributed by atoms with van der Waals surface area (Å²) in [6.45, 7) is 2.16. The van der Waals surface area contributed by atoms with E-state index in [1.54, 1.807) is 0 Å². The van der Waals surface area contributed by atoms with Crippen molar-refractivity contribution in [3.05, 3.63) is 127 Å². The van der Waals surface area contributed by atoms with Crippen molar-refractivity contribution in [1.29, 1.82) is 0 Å². The molecule has 0 saturated carbocycles. The van der Waals surface area contributed by atoms with Crippen LogP contribution in [-0.4, -0.2) is 0 Å². The second kappa shape index (κ2) is 7.97. The van der Waals surface area contributed by atoms with E-state index >= 15 is 0 Å². The lowest BCUT2D eigenvalue weighted by atomic mass is 9.99. The second-order valence-electron chi connectivity index (χ2n) is 9.09. The average molecular weight is 466 g/mol. The molecule has 7 aromatic rings. The van der Waals surface area contributed by atoms with Gasteiger partial charge in [0, 0.05) is 36.9 Å². The average Bonchev–Trinajstić information content (AvgIpc) is 3.29. The zero-order chi connectivity index (χ0) is 23.4. The zero-order valence-electron chi connectivity index (χ0n) is 19.4. The van der Waals surface area contributed by atoms with Gasteiger partial charge < -0.3 is 4.90 Å². The van der Waals surface area contributed by atoms with Crippen LogP contribution in [0.5, 0.6) is 0 Å². The number of rotatable bonds is 3. The normalized spacial score (nSPS) is 11.6. The van der Waals surface area contributed by atoms with Gasteiger partial charge in [-0.1, -0.05) is 91.0 Å². The minimum atomic E-state index is 1.16. The van der Waals surface area contributed by atoms with E-state index in [9.17, 15) is 0 Å². The van der Waals surface area contributed by atoms with Crippen LogP contribution in [0.15, 0.2) is 121 Å². The van der Waals surface area contributed by atoms with Crippen molar-refractivity contribution in [2.75, 3.05) is 4.90 Å². The fourth-order valence-electron chi connectivity index (χ4n) is 5.31. The SMILES string of the molecule is Cc1cccc(N(c2ccccc2)c2cc3sc4c5ccccc5ccc4c3c3ccccc23)c1. The molecule has 0 saturated heterocycles. The molecule has 0 spiro atoms. The van der Waals surface area contributed by atoms with Crippen LogP contribution in [0.2, 0.25) is 0 Å². The molecule has 0 radical (unpaired) electrons. The molecule has 6 aromatic carbocycles. The Morgan fingerprint density at radius 2 is 1.26 bits per heavy atom. The monoisotopic (exact) mass is 465 g/mol. The van der Waals surface area contributed by atoms with Crippen LogP contribution in [0.4, 0.5) is 17.1 Å². The van der Waals surface area contributed by atoms with E-state index < -0.39 is 0 Å². The van der Waals surface area contributed by atoms with Crippen molar-refractivity contribution >= 4 is 70.1 Å². The molecular formula is C33H23NS. The number of thiophene rings is 1. The van der Waals surface area contributed by atoms with Crippen molar-refractivity contribution in [3.63, 3.8) is 0 Å². The third-order valence-corrected chi connectivity index (χ3v) is 8.05. The topological polar surface area (TPSA) is 3.24 Å². The van der Waals surface area contributed by atoms with E-state index in [-0.39, 0.29) is 0 Å². The lowest BCUT2D eigenvalue weighted by Gasteiger charge is -2.27. The Hall–Kier alpha value is -4.14. The summed E-state index contributed by atoms with van der Waals surface area (Å²) >= 11 is 1.90. The fourth-order valence-corrected chi connectivity index (χ4v) is 6.59. The molecule has 1 aromatic heterocycles. The summed E-state index contributed by atoms with van der Waals surface area (Å²) in [5, 5.41) is 7.88. The lowest BCUT2D eigenvalue weighted by molar-refractivity contribution is 1.29. The van der Waals surface area contributed by atoms with Crippen molar-refractivity contribution in [2.24, 2.45) is 0 Å². The van der Waals surface area contributed by atoms with Gasteiger partial charge in [-0.25, -0.2) is 0 Å². The first-order valence-electron chi connectivity index (χ1n) is 12.0. The summed E-state index contributed by atoms with van der Waals surface area (Å²) in [7, 11) is 0. The third kappa shape index (κ3) is 3.22. The molecule has 2 heteroatoms. The summed E-state index contributed by atoms with van der Waals surface area (Å²) in [6, 6.07) is 44.0. The molecule has 1 heterocycles. The predicted molar refractivity (Wildman–Crippen MR) is 154 cm³/mol. The quantitative estimate of drug-likeness (QED) is 0.251. The zero-order valence-corrected chi connectivity index (χ0v) is 20.2. The number of para-hydroxylation sites is 1. The minimum absolute atomic E-state index is 1.16. The molecule has 166 valence electrons. The number of aryl methyl sites for hydroxylation is 1. The van der Waals surface area contributed by atoms with Gasteiger partial charge in [0.15, 0.2) is 0 Å². The first kappa shape index (κ1) is 20.3. The summed E-state index contributed by atoms with van der Waals surface area (Å²) in [5.41, 5.74) is 4.80. The van der Waals surface area contributed by atoms with Gasteiger partial charge in [-0.3, -0.25) is 0 Å². The highest BCUT2D eigenvalue weighted by Gasteiger charge is 2.19. The summed E-state index contributed by atoms with van der Waals surface area (Å²) in [6.07, 6.45) is 0. The Kier molecular flexibility index (Phi) is 4.61. The van der Waals surface area contributed by atoms with Crippen LogP contribution in [0.25, 0.3) is 41.7 Å². The molecule has 0 unspecified atom stereocenters. The molecule has 0 aliphatic rings. The van der Waals surface area contributed by atoms with E-state index in [0.29, 0.717) is 0 Å². The largest absolute Gasteiger partial charge is 0.310 e. The molecule has 0 bridgehead atoms. The molecular weight excluding hydrogens is 442 g/mol. The van der Waals surface area contributed by atoms with Gasteiger partial charge in [0.05, 0.1) is 5.69 Å². The molecule has 0 aliphatic carbocycles. The lowest BCUT2D eigenvalue weighted by Crippen LogP contribution is -2.10. The van der Waals surface area contributed by atoms with Crippen molar-refractivity contribution in [2.45, 2.75) is 6.92 Å². The van der Waals surface area contributed by atoms with E-state index in [1.807, 2.05) is 11.3 Å². The van der Waals surface area contributed by atoms with Crippen LogP contribution in [-0.2, 0) is 0 Å². The maximum absolute atomic E-state index is 2.40. The number of nitrogens with zero attached hydrogens (tertiary/aromatic N) is 1. The highest BCUT2D eigenvalue weighted by atomic mass is 32.1. The van der Waals surface area contributed by atoms with E-state index in [0.717, 1.165) is 5.69 Å². The van der Waals surface area contributed by atoms with E-state index in [2.05, 4.69) is 133 Å². The molecule has 0 aliphatic heterocycles. The Bertz CT molecular complexity index is 1860. The van der Waals surface area contributed by atoms with Crippen molar-refractivity contribution < 1.29 is 0 Å². The highest BCUT2D eigenvalue weighted by molar-refractivity contribution is 7.27. The number of anilines is 3. The standard InChI is InChI=1S/C33H23NS/c1-22-10-9-14-25(20-22)34(24-12-3-2-4-13-24)30-21-31-32(28-17-8-7-16-27(28)30)29-19-18-23-11-5-6-15-26(23)33(29)35-31/h2-21H,1H3. The van der Waals surface area contributed by atoms with Crippen molar-refractivity contribution in [1.82, 2.24) is 0 Å². The number of fused-ring (bicyclic) bond motifs is 7. The van der Waals surface area contributed by atoms with Gasteiger partial charge in [0.25, 0.3) is 0 Å². The Balaban J connectivity index is 1.61. The Morgan fingerprint density at radius 1 is 0.543 bits per heavy atom. The minimum Gasteiger partial charge on any atom is -0.310 e. The van der Waals surface area contributed by atoms with E-state index in [4.69, 9.17) is 0 Å². The Labute approximate surface area is 208 Å². The van der Waals surface area contributed by atoms with Gasteiger partial charge in [0.2, 0.25) is 0 Å². The van der Waals surface area contributed by atoms with Gasteiger partial charge >= 0.3 is 0 Å². The third-order valence-electron chi connectivity index (χ3n) is 6.86. The van der Waals surface area contributed by atoms with E-state index in [1.165, 1.54) is 58.7 Å². The van der Waals surface area contributed by atoms with Crippen LogP contribution < -0.4 is 4.90 Å². The molecule has 0 fully saturated rings. The maximum Gasteiger partial charge on any atom is 0.0554 e. The maximum atomic E-state index is 2.40. The first-order valence-corrected chi connectivity index (χ1v) is 12.8. The number of benzene rings is 6. The van der Waals surface area contributed by atoms with Crippen LogP contribution >= 0.6 is 11.3 Å². The van der Waals surface area contributed by atoms with Gasteiger partial charge in [0.1, 0.15) is 0 Å². The fraction of sp³-hybridized carbons (Fsp3) is 0.0303. The van der Waals surface area contributed by atoms with Gasteiger partial charge in [-0.05, 0) is 59.0 Å². The van der Waals surface area contributed by atoms with Gasteiger partial charge in [-0.15, -0.1) is 11.3 Å². The summed E-state index contributed by atoms with van der Waals surface area (Å²) in [4.78, 5) is 2.40. The molecule has 0 amide bonds. The molecule has 0 N–H and O–H groups in total. The molecule has 1 nitrogen and oxygen atoms in total. The molecule has 35 heavy (non-hydrogen) atoms. The number of hydrogen-bond acceptors (Lipinski definition) is 2. The smallest absolute Gasteiger partial charge is 0.0554 e. The van der Waals surface area contributed by atoms with Crippen molar-refractivity contribution in [3.8, 4) is 0 Å². The van der Waals surface area contributed by atoms with Crippen LogP contribution in [0.3, 0.4) is 0 Å². The van der Waals surface area contributed by atoms with Crippen LogP contribution in [0.1, 0.15) is 5.56 Å². The molecule has 0 atom stereocenters. The summed E-state index contributed by atoms with van der Waals surface area (Å²) in [5.74, 6) is 0. The second-order valence-corrected chi connectivity index (χ2v) is 10.1. The number of hydrogen-bond donors (Lipinski definition) is 0. The Morgan fingerprint density at radius 3 is 2.09 bits per heavy atom.